The molecule has 1 heterocycles. The number of hydrogen-bond acceptors (Lipinski definition) is 6. The van der Waals surface area contributed by atoms with Crippen LogP contribution in [0.25, 0.3) is 6.08 Å². The number of anilines is 1. The van der Waals surface area contributed by atoms with Crippen LogP contribution in [0.15, 0.2) is 35.7 Å². The smallest absolute Gasteiger partial charge is 0.233 e. The molecule has 1 aromatic heterocycles. The van der Waals surface area contributed by atoms with Gasteiger partial charge in [0.1, 0.15) is 5.01 Å². The Hall–Kier alpha value is -2.10. The van der Waals surface area contributed by atoms with Crippen molar-refractivity contribution in [3.05, 3.63) is 46.3 Å². The quantitative estimate of drug-likeness (QED) is 0.734. The number of benzene rings is 1. The monoisotopic (exact) mass is 378 g/mol. The fraction of sp³-hybridized carbons (Fsp3) is 0.312. The van der Waals surface area contributed by atoms with Crippen molar-refractivity contribution >= 4 is 38.5 Å². The van der Waals surface area contributed by atoms with E-state index < -0.39 is 10.0 Å². The van der Waals surface area contributed by atoms with Crippen LogP contribution in [-0.4, -0.2) is 31.1 Å². The minimum absolute atomic E-state index is 0.0155. The summed E-state index contributed by atoms with van der Waals surface area (Å²) in [5, 5.41) is 13.1. The lowest BCUT2D eigenvalue weighted by Crippen LogP contribution is -2.26. The maximum atomic E-state index is 11.9. The molecule has 1 aliphatic carbocycles. The number of hydrogen-bond donors (Lipinski definition) is 2. The van der Waals surface area contributed by atoms with E-state index in [2.05, 4.69) is 20.2 Å². The summed E-state index contributed by atoms with van der Waals surface area (Å²) in [6.07, 6.45) is 3.78. The van der Waals surface area contributed by atoms with E-state index in [-0.39, 0.29) is 18.9 Å². The molecule has 25 heavy (non-hydrogen) atoms. The third-order valence-electron chi connectivity index (χ3n) is 3.51. The minimum Gasteiger partial charge on any atom is -0.300 e. The van der Waals surface area contributed by atoms with Crippen LogP contribution in [0.2, 0.25) is 0 Å². The van der Waals surface area contributed by atoms with Crippen molar-refractivity contribution in [1.82, 2.24) is 14.9 Å². The molecule has 0 aliphatic heterocycles. The SMILES string of the molecule is O=C(CCNS(=O)(=O)C=Cc1ccccc1)Nc1nnc(C2CC2)s1. The zero-order valence-corrected chi connectivity index (χ0v) is 15.0. The molecule has 0 saturated heterocycles. The van der Waals surface area contributed by atoms with Crippen molar-refractivity contribution < 1.29 is 13.2 Å². The third kappa shape index (κ3) is 5.73. The molecule has 1 amide bonds. The van der Waals surface area contributed by atoms with Gasteiger partial charge in [-0.15, -0.1) is 10.2 Å². The van der Waals surface area contributed by atoms with Gasteiger partial charge in [0.25, 0.3) is 0 Å². The summed E-state index contributed by atoms with van der Waals surface area (Å²) in [4.78, 5) is 11.8. The van der Waals surface area contributed by atoms with Gasteiger partial charge >= 0.3 is 0 Å². The summed E-state index contributed by atoms with van der Waals surface area (Å²) in [5.41, 5.74) is 0.786. The Morgan fingerprint density at radius 3 is 2.72 bits per heavy atom. The number of carbonyl (C=O) groups excluding carboxylic acids is 1. The molecule has 0 radical (unpaired) electrons. The maximum absolute atomic E-state index is 11.9. The average Bonchev–Trinajstić information content (AvgIpc) is 3.34. The largest absolute Gasteiger partial charge is 0.300 e. The van der Waals surface area contributed by atoms with Gasteiger partial charge in [0, 0.05) is 24.3 Å². The average molecular weight is 378 g/mol. The highest BCUT2D eigenvalue weighted by atomic mass is 32.2. The van der Waals surface area contributed by atoms with Gasteiger partial charge in [-0.05, 0) is 24.5 Å². The van der Waals surface area contributed by atoms with Crippen LogP contribution in [0.1, 0.15) is 35.8 Å². The standard InChI is InChI=1S/C16H18N4O3S2/c21-14(18-16-20-19-15(24-16)13-6-7-13)8-10-17-25(22,23)11-9-12-4-2-1-3-5-12/h1-5,9,11,13,17H,6-8,10H2,(H,18,20,21). The summed E-state index contributed by atoms with van der Waals surface area (Å²) in [7, 11) is -3.58. The van der Waals surface area contributed by atoms with E-state index in [9.17, 15) is 13.2 Å². The molecular weight excluding hydrogens is 360 g/mol. The lowest BCUT2D eigenvalue weighted by molar-refractivity contribution is -0.116. The van der Waals surface area contributed by atoms with Crippen molar-refractivity contribution in [3.63, 3.8) is 0 Å². The van der Waals surface area contributed by atoms with Gasteiger partial charge in [-0.1, -0.05) is 41.7 Å². The lowest BCUT2D eigenvalue weighted by Gasteiger charge is -2.03. The fourth-order valence-corrected chi connectivity index (χ4v) is 3.80. The lowest BCUT2D eigenvalue weighted by atomic mass is 10.2. The van der Waals surface area contributed by atoms with Crippen LogP contribution in [-0.2, 0) is 14.8 Å². The molecule has 0 bridgehead atoms. The second-order valence-corrected chi connectivity index (χ2v) is 8.33. The van der Waals surface area contributed by atoms with E-state index in [1.54, 1.807) is 12.1 Å². The van der Waals surface area contributed by atoms with Crippen molar-refractivity contribution in [2.24, 2.45) is 0 Å². The first-order valence-corrected chi connectivity index (χ1v) is 10.2. The first-order valence-electron chi connectivity index (χ1n) is 7.88. The van der Waals surface area contributed by atoms with E-state index in [0.717, 1.165) is 28.8 Å². The van der Waals surface area contributed by atoms with Crippen LogP contribution < -0.4 is 10.0 Å². The van der Waals surface area contributed by atoms with Gasteiger partial charge in [-0.3, -0.25) is 4.79 Å². The number of aromatic nitrogens is 2. The van der Waals surface area contributed by atoms with E-state index in [0.29, 0.717) is 11.0 Å². The predicted octanol–water partition coefficient (Wildman–Crippen LogP) is 2.33. The number of nitrogens with one attached hydrogen (secondary N) is 2. The Morgan fingerprint density at radius 1 is 1.24 bits per heavy atom. The van der Waals surface area contributed by atoms with Gasteiger partial charge in [0.05, 0.1) is 0 Å². The van der Waals surface area contributed by atoms with Gasteiger partial charge in [0.2, 0.25) is 21.1 Å². The van der Waals surface area contributed by atoms with Crippen LogP contribution in [0.5, 0.6) is 0 Å². The fourth-order valence-electron chi connectivity index (χ4n) is 2.05. The zero-order chi connectivity index (χ0) is 17.7. The normalized spacial score (nSPS) is 14.7. The first-order chi connectivity index (χ1) is 12.0. The summed E-state index contributed by atoms with van der Waals surface area (Å²) in [5.74, 6) is 0.194. The molecular formula is C16H18N4O3S2. The van der Waals surface area contributed by atoms with Crippen LogP contribution >= 0.6 is 11.3 Å². The van der Waals surface area contributed by atoms with Gasteiger partial charge < -0.3 is 5.32 Å². The molecule has 1 aromatic carbocycles. The Kier molecular flexibility index (Phi) is 5.57. The number of rotatable bonds is 8. The predicted molar refractivity (Wildman–Crippen MR) is 97.5 cm³/mol. The molecule has 1 fully saturated rings. The van der Waals surface area contributed by atoms with E-state index >= 15 is 0 Å². The summed E-state index contributed by atoms with van der Waals surface area (Å²) in [6.45, 7) is 0.0155. The molecule has 132 valence electrons. The topological polar surface area (TPSA) is 101 Å². The molecule has 0 spiro atoms. The minimum atomic E-state index is -3.58. The van der Waals surface area contributed by atoms with E-state index in [1.165, 1.54) is 17.4 Å². The van der Waals surface area contributed by atoms with Crippen LogP contribution in [0, 0.1) is 0 Å². The van der Waals surface area contributed by atoms with E-state index in [1.807, 2.05) is 18.2 Å². The molecule has 1 aliphatic rings. The van der Waals surface area contributed by atoms with Crippen LogP contribution in [0.3, 0.4) is 0 Å². The summed E-state index contributed by atoms with van der Waals surface area (Å²) >= 11 is 1.37. The molecule has 3 rings (SSSR count). The Bertz CT molecular complexity index is 859. The van der Waals surface area contributed by atoms with Crippen molar-refractivity contribution in [2.75, 3.05) is 11.9 Å². The summed E-state index contributed by atoms with van der Waals surface area (Å²) in [6, 6.07) is 9.11. The third-order valence-corrected chi connectivity index (χ3v) is 5.61. The first kappa shape index (κ1) is 17.7. The number of nitrogens with zero attached hydrogens (tertiary/aromatic N) is 2. The van der Waals surface area contributed by atoms with Gasteiger partial charge in [-0.2, -0.15) is 0 Å². The molecule has 9 heteroatoms. The Labute approximate surface area is 150 Å². The molecule has 1 saturated carbocycles. The van der Waals surface area contributed by atoms with Crippen molar-refractivity contribution in [1.29, 1.82) is 0 Å². The molecule has 2 aromatic rings. The second-order valence-electron chi connectivity index (χ2n) is 5.67. The number of sulfonamides is 1. The molecule has 0 unspecified atom stereocenters. The summed E-state index contributed by atoms with van der Waals surface area (Å²) < 4.78 is 26.1. The zero-order valence-electron chi connectivity index (χ0n) is 13.4. The number of carbonyl (C=O) groups is 1. The number of amides is 1. The Morgan fingerprint density at radius 2 is 2.00 bits per heavy atom. The van der Waals surface area contributed by atoms with Crippen molar-refractivity contribution in [3.8, 4) is 0 Å². The van der Waals surface area contributed by atoms with Crippen LogP contribution in [0.4, 0.5) is 5.13 Å². The second kappa shape index (κ2) is 7.85. The highest BCUT2D eigenvalue weighted by Crippen LogP contribution is 2.41. The Balaban J connectivity index is 1.43. The maximum Gasteiger partial charge on any atom is 0.233 e. The molecule has 7 nitrogen and oxygen atoms in total. The van der Waals surface area contributed by atoms with Gasteiger partial charge in [0.15, 0.2) is 0 Å². The molecule has 0 atom stereocenters. The van der Waals surface area contributed by atoms with E-state index in [4.69, 9.17) is 0 Å². The highest BCUT2D eigenvalue weighted by Gasteiger charge is 2.27. The highest BCUT2D eigenvalue weighted by molar-refractivity contribution is 7.92. The van der Waals surface area contributed by atoms with Gasteiger partial charge in [-0.25, -0.2) is 13.1 Å². The molecule has 2 N–H and O–H groups in total. The van der Waals surface area contributed by atoms with Crippen molar-refractivity contribution in [2.45, 2.75) is 25.2 Å².